The quantitative estimate of drug-likeness (QED) is 0.691. The monoisotopic (exact) mass is 331 g/mol. The van der Waals surface area contributed by atoms with Crippen LogP contribution in [-0.2, 0) is 4.79 Å². The van der Waals surface area contributed by atoms with Crippen LogP contribution in [0.25, 0.3) is 21.9 Å². The molecule has 3 aromatic rings. The molecule has 0 saturated carbocycles. The van der Waals surface area contributed by atoms with Crippen molar-refractivity contribution in [1.29, 1.82) is 0 Å². The molecule has 0 saturated heterocycles. The van der Waals surface area contributed by atoms with E-state index in [1.54, 1.807) is 0 Å². The second kappa shape index (κ2) is 4.63. The van der Waals surface area contributed by atoms with Crippen molar-refractivity contribution in [3.63, 3.8) is 0 Å². The van der Waals surface area contributed by atoms with Gasteiger partial charge in [0.25, 0.3) is 0 Å². The van der Waals surface area contributed by atoms with Gasteiger partial charge in [-0.3, -0.25) is 4.79 Å². The van der Waals surface area contributed by atoms with E-state index in [0.29, 0.717) is 0 Å². The molecule has 0 unspecified atom stereocenters. The number of nitrogens with one attached hydrogen (secondary N) is 1. The fourth-order valence-electron chi connectivity index (χ4n) is 2.08. The molecule has 1 amide bonds. The van der Waals surface area contributed by atoms with Crippen molar-refractivity contribution in [2.75, 3.05) is 5.32 Å². The number of para-hydroxylation sites is 1. The fourth-order valence-corrected chi connectivity index (χ4v) is 2.18. The van der Waals surface area contributed by atoms with Crippen LogP contribution in [0, 0.1) is 0 Å². The summed E-state index contributed by atoms with van der Waals surface area (Å²) >= 11 is 3.35. The van der Waals surface area contributed by atoms with E-state index in [2.05, 4.69) is 21.2 Å². The van der Waals surface area contributed by atoms with Gasteiger partial charge in [-0.15, -0.1) is 0 Å². The molecule has 0 atom stereocenters. The van der Waals surface area contributed by atoms with Gasteiger partial charge in [-0.1, -0.05) is 34.1 Å². The molecule has 0 radical (unpaired) electrons. The minimum atomic E-state index is -0.597. The van der Waals surface area contributed by atoms with Crippen LogP contribution in [0.4, 0.5) is 5.69 Å². The van der Waals surface area contributed by atoms with E-state index in [1.165, 1.54) is 0 Å². The molecule has 0 fully saturated rings. The van der Waals surface area contributed by atoms with E-state index in [1.807, 2.05) is 56.3 Å². The molecule has 2 aromatic carbocycles. The number of furan rings is 1. The summed E-state index contributed by atoms with van der Waals surface area (Å²) in [6.45, 7) is 3.63. The number of halogens is 1. The normalized spacial score (nSPS) is 11.9. The second-order valence-electron chi connectivity index (χ2n) is 5.24. The lowest BCUT2D eigenvalue weighted by molar-refractivity contribution is -0.117. The van der Waals surface area contributed by atoms with Crippen LogP contribution in [0.1, 0.15) is 13.8 Å². The van der Waals surface area contributed by atoms with E-state index in [0.717, 1.165) is 27.6 Å². The van der Waals surface area contributed by atoms with Gasteiger partial charge in [-0.05, 0) is 38.1 Å². The maximum atomic E-state index is 12.0. The molecule has 0 spiro atoms. The van der Waals surface area contributed by atoms with Gasteiger partial charge in [0.1, 0.15) is 11.2 Å². The smallest absolute Gasteiger partial charge is 0.240 e. The zero-order valence-electron chi connectivity index (χ0n) is 11.2. The molecular formula is C16H14BrNO2. The van der Waals surface area contributed by atoms with Gasteiger partial charge in [0.2, 0.25) is 5.91 Å². The number of benzene rings is 2. The lowest BCUT2D eigenvalue weighted by Crippen LogP contribution is -2.30. The lowest BCUT2D eigenvalue weighted by atomic mass is 10.1. The Bertz CT molecular complexity index is 799. The molecule has 0 bridgehead atoms. The molecule has 1 N–H and O–H groups in total. The van der Waals surface area contributed by atoms with Crippen molar-refractivity contribution in [3.05, 3.63) is 42.5 Å². The third-order valence-corrected chi connectivity index (χ3v) is 3.53. The van der Waals surface area contributed by atoms with Crippen LogP contribution in [0.3, 0.4) is 0 Å². The highest BCUT2D eigenvalue weighted by molar-refractivity contribution is 9.10. The number of carbonyl (C=O) groups excluding carboxylic acids is 1. The summed E-state index contributed by atoms with van der Waals surface area (Å²) in [4.78, 5) is 12.0. The number of hydrogen-bond acceptors (Lipinski definition) is 2. The Labute approximate surface area is 125 Å². The fraction of sp³-hybridized carbons (Fsp3) is 0.188. The van der Waals surface area contributed by atoms with Crippen molar-refractivity contribution in [3.8, 4) is 0 Å². The lowest BCUT2D eigenvalue weighted by Gasteiger charge is -2.15. The minimum Gasteiger partial charge on any atom is -0.456 e. The highest BCUT2D eigenvalue weighted by atomic mass is 79.9. The van der Waals surface area contributed by atoms with Gasteiger partial charge in [0.15, 0.2) is 0 Å². The van der Waals surface area contributed by atoms with E-state index in [4.69, 9.17) is 4.42 Å². The van der Waals surface area contributed by atoms with Crippen LogP contribution < -0.4 is 5.32 Å². The average Bonchev–Trinajstić information content (AvgIpc) is 2.76. The van der Waals surface area contributed by atoms with Crippen LogP contribution in [0.15, 0.2) is 46.9 Å². The van der Waals surface area contributed by atoms with E-state index in [9.17, 15) is 4.79 Å². The molecule has 0 aliphatic rings. The first kappa shape index (κ1) is 13.2. The number of fused-ring (bicyclic) bond motifs is 3. The molecule has 1 heterocycles. The van der Waals surface area contributed by atoms with Crippen LogP contribution in [0.2, 0.25) is 0 Å². The number of alkyl halides is 1. The van der Waals surface area contributed by atoms with Crippen molar-refractivity contribution in [2.45, 2.75) is 18.2 Å². The third-order valence-electron chi connectivity index (χ3n) is 3.17. The molecule has 102 valence electrons. The van der Waals surface area contributed by atoms with Crippen molar-refractivity contribution >= 4 is 49.5 Å². The highest BCUT2D eigenvalue weighted by Gasteiger charge is 2.23. The first-order valence-corrected chi connectivity index (χ1v) is 7.16. The maximum Gasteiger partial charge on any atom is 0.240 e. The molecule has 0 aliphatic heterocycles. The standard InChI is InChI=1S/C16H14BrNO2/c1-16(2,17)15(19)18-10-7-8-14-12(9-10)11-5-3-4-6-13(11)20-14/h3-9H,1-2H3,(H,18,19). The molecule has 3 nitrogen and oxygen atoms in total. The summed E-state index contributed by atoms with van der Waals surface area (Å²) in [6, 6.07) is 13.5. The number of anilines is 1. The van der Waals surface area contributed by atoms with Gasteiger partial charge >= 0.3 is 0 Å². The van der Waals surface area contributed by atoms with Crippen LogP contribution in [0.5, 0.6) is 0 Å². The zero-order valence-corrected chi connectivity index (χ0v) is 12.8. The summed E-state index contributed by atoms with van der Waals surface area (Å²) in [5.41, 5.74) is 2.44. The number of carbonyl (C=O) groups is 1. The number of rotatable bonds is 2. The van der Waals surface area contributed by atoms with E-state index < -0.39 is 4.32 Å². The maximum absolute atomic E-state index is 12.0. The molecule has 20 heavy (non-hydrogen) atoms. The molecule has 3 rings (SSSR count). The molecule has 4 heteroatoms. The van der Waals surface area contributed by atoms with Crippen LogP contribution >= 0.6 is 15.9 Å². The van der Waals surface area contributed by atoms with Crippen molar-refractivity contribution in [2.24, 2.45) is 0 Å². The Morgan fingerprint density at radius 2 is 1.80 bits per heavy atom. The molecule has 0 aliphatic carbocycles. The number of hydrogen-bond donors (Lipinski definition) is 1. The first-order valence-electron chi connectivity index (χ1n) is 6.37. The SMILES string of the molecule is CC(C)(Br)C(=O)Nc1ccc2oc3ccccc3c2c1. The summed E-state index contributed by atoms with van der Waals surface area (Å²) in [6.07, 6.45) is 0. The largest absolute Gasteiger partial charge is 0.456 e. The Hall–Kier alpha value is -1.81. The van der Waals surface area contributed by atoms with E-state index >= 15 is 0 Å². The first-order chi connectivity index (χ1) is 9.45. The van der Waals surface area contributed by atoms with Crippen LogP contribution in [-0.4, -0.2) is 10.2 Å². The topological polar surface area (TPSA) is 42.2 Å². The molecular weight excluding hydrogens is 318 g/mol. The Morgan fingerprint density at radius 1 is 1.10 bits per heavy atom. The average molecular weight is 332 g/mol. The minimum absolute atomic E-state index is 0.0790. The summed E-state index contributed by atoms with van der Waals surface area (Å²) < 4.78 is 5.16. The van der Waals surface area contributed by atoms with Crippen molar-refractivity contribution < 1.29 is 9.21 Å². The Morgan fingerprint density at radius 3 is 2.55 bits per heavy atom. The highest BCUT2D eigenvalue weighted by Crippen LogP contribution is 2.31. The summed E-state index contributed by atoms with van der Waals surface area (Å²) in [7, 11) is 0. The van der Waals surface area contributed by atoms with Gasteiger partial charge in [0, 0.05) is 16.5 Å². The molecule has 1 aromatic heterocycles. The van der Waals surface area contributed by atoms with E-state index in [-0.39, 0.29) is 5.91 Å². The van der Waals surface area contributed by atoms with Gasteiger partial charge in [0.05, 0.1) is 4.32 Å². The summed E-state index contributed by atoms with van der Waals surface area (Å²) in [5, 5.41) is 4.96. The second-order valence-corrected chi connectivity index (χ2v) is 7.22. The third kappa shape index (κ3) is 2.31. The predicted molar refractivity (Wildman–Crippen MR) is 85.4 cm³/mol. The van der Waals surface area contributed by atoms with Gasteiger partial charge < -0.3 is 9.73 Å². The Kier molecular flexibility index (Phi) is 3.05. The van der Waals surface area contributed by atoms with Crippen molar-refractivity contribution in [1.82, 2.24) is 0 Å². The van der Waals surface area contributed by atoms with Gasteiger partial charge in [-0.25, -0.2) is 0 Å². The zero-order chi connectivity index (χ0) is 14.3. The summed E-state index contributed by atoms with van der Waals surface area (Å²) in [5.74, 6) is -0.0790. The Balaban J connectivity index is 2.06. The predicted octanol–water partition coefficient (Wildman–Crippen LogP) is 4.70. The number of amides is 1. The van der Waals surface area contributed by atoms with Gasteiger partial charge in [-0.2, -0.15) is 0 Å².